The number of rotatable bonds is 28. The first kappa shape index (κ1) is 49.0. The van der Waals surface area contributed by atoms with Crippen LogP contribution in [0.2, 0.25) is 0 Å². The largest absolute Gasteiger partial charge is 0.481 e. The van der Waals surface area contributed by atoms with E-state index in [0.717, 1.165) is 38.5 Å². The normalized spacial score (nSPS) is 9.68. The monoisotopic (exact) mass is 621 g/mol. The van der Waals surface area contributed by atoms with Crippen molar-refractivity contribution in [3.63, 3.8) is 0 Å². The van der Waals surface area contributed by atoms with Crippen LogP contribution >= 0.6 is 0 Å². The SMILES string of the molecule is C#CCCCCCC.C#CCCCCCC.CCCCCCCCCCCC(=O)O.CCCCCCCCCCCC(=O)O. The van der Waals surface area contributed by atoms with Crippen LogP contribution in [0.4, 0.5) is 0 Å². The molecule has 0 aliphatic rings. The van der Waals surface area contributed by atoms with Gasteiger partial charge in [0, 0.05) is 25.7 Å². The van der Waals surface area contributed by atoms with Crippen LogP contribution in [0, 0.1) is 24.7 Å². The van der Waals surface area contributed by atoms with Crippen molar-refractivity contribution in [3.05, 3.63) is 0 Å². The maximum Gasteiger partial charge on any atom is 0.303 e. The highest BCUT2D eigenvalue weighted by atomic mass is 16.4. The van der Waals surface area contributed by atoms with Gasteiger partial charge in [0.15, 0.2) is 0 Å². The number of unbranched alkanes of at least 4 members (excludes halogenated alkanes) is 24. The van der Waals surface area contributed by atoms with Crippen LogP contribution in [0.25, 0.3) is 0 Å². The molecule has 260 valence electrons. The summed E-state index contributed by atoms with van der Waals surface area (Å²) < 4.78 is 0. The molecule has 44 heavy (non-hydrogen) atoms. The Bertz CT molecular complexity index is 560. The fraction of sp³-hybridized carbons (Fsp3) is 0.850. The molecule has 0 aromatic carbocycles. The summed E-state index contributed by atoms with van der Waals surface area (Å²) >= 11 is 0. The van der Waals surface area contributed by atoms with Gasteiger partial charge in [-0.1, -0.05) is 169 Å². The lowest BCUT2D eigenvalue weighted by molar-refractivity contribution is -0.138. The third-order valence-electron chi connectivity index (χ3n) is 7.34. The second kappa shape index (κ2) is 50.7. The smallest absolute Gasteiger partial charge is 0.303 e. The van der Waals surface area contributed by atoms with Crippen molar-refractivity contribution in [1.29, 1.82) is 0 Å². The zero-order valence-corrected chi connectivity index (χ0v) is 30.1. The van der Waals surface area contributed by atoms with Crippen LogP contribution < -0.4 is 0 Å². The second-order valence-electron chi connectivity index (χ2n) is 12.0. The predicted octanol–water partition coefficient (Wildman–Crippen LogP) is 13.2. The van der Waals surface area contributed by atoms with E-state index in [1.165, 1.54) is 141 Å². The minimum atomic E-state index is -0.659. The van der Waals surface area contributed by atoms with Gasteiger partial charge in [0.1, 0.15) is 0 Å². The molecule has 0 heterocycles. The van der Waals surface area contributed by atoms with Crippen LogP contribution in [0.1, 0.15) is 220 Å². The number of aliphatic carboxylic acids is 2. The van der Waals surface area contributed by atoms with Crippen LogP contribution in [0.3, 0.4) is 0 Å². The Labute approximate surface area is 276 Å². The maximum atomic E-state index is 10.2. The number of terminal acetylenes is 2. The number of carbonyl (C=O) groups is 2. The minimum Gasteiger partial charge on any atom is -0.481 e. The minimum absolute atomic E-state index is 0.343. The molecule has 0 saturated carbocycles. The molecule has 0 bridgehead atoms. The van der Waals surface area contributed by atoms with Crippen molar-refractivity contribution in [2.45, 2.75) is 220 Å². The lowest BCUT2D eigenvalue weighted by Gasteiger charge is -2.00. The van der Waals surface area contributed by atoms with Crippen LogP contribution in [-0.4, -0.2) is 22.2 Å². The zero-order valence-electron chi connectivity index (χ0n) is 30.1. The molecule has 0 aromatic heterocycles. The van der Waals surface area contributed by atoms with Crippen molar-refractivity contribution in [3.8, 4) is 24.7 Å². The number of carboxylic acids is 2. The standard InChI is InChI=1S/2C12H24O2.2C8H14/c2*1-2-3-4-5-6-7-8-9-10-11-12(13)14;2*1-3-5-7-8-6-4-2/h2*2-11H2,1H3,(H,13,14);2*1H,4-8H2,2H3. The summed E-state index contributed by atoms with van der Waals surface area (Å²) in [5.74, 6) is 3.93. The number of hydrogen-bond acceptors (Lipinski definition) is 2. The lowest BCUT2D eigenvalue weighted by Crippen LogP contribution is -1.93. The molecule has 0 rings (SSSR count). The van der Waals surface area contributed by atoms with Gasteiger partial charge in [-0.15, -0.1) is 24.7 Å². The number of carboxylic acid groups (broad SMARTS) is 2. The molecule has 0 saturated heterocycles. The Kier molecular flexibility index (Phi) is 56.4. The van der Waals surface area contributed by atoms with E-state index in [0.29, 0.717) is 12.8 Å². The Morgan fingerprint density at radius 2 is 0.591 bits per heavy atom. The highest BCUT2D eigenvalue weighted by Crippen LogP contribution is 2.11. The van der Waals surface area contributed by atoms with E-state index in [1.807, 2.05) is 0 Å². The summed E-state index contributed by atoms with van der Waals surface area (Å²) in [4.78, 5) is 20.4. The van der Waals surface area contributed by atoms with Gasteiger partial charge in [0.25, 0.3) is 0 Å². The van der Waals surface area contributed by atoms with Crippen LogP contribution in [0.5, 0.6) is 0 Å². The molecule has 0 aliphatic carbocycles. The Hall–Kier alpha value is -1.94. The summed E-state index contributed by atoms with van der Waals surface area (Å²) in [6, 6.07) is 0. The average molecular weight is 621 g/mol. The van der Waals surface area contributed by atoms with E-state index in [2.05, 4.69) is 39.5 Å². The van der Waals surface area contributed by atoms with Crippen molar-refractivity contribution >= 4 is 11.9 Å². The molecule has 0 unspecified atom stereocenters. The highest BCUT2D eigenvalue weighted by molar-refractivity contribution is 5.66. The highest BCUT2D eigenvalue weighted by Gasteiger charge is 1.97. The first-order valence-electron chi connectivity index (χ1n) is 18.7. The molecule has 0 atom stereocenters. The van der Waals surface area contributed by atoms with E-state index in [9.17, 15) is 9.59 Å². The number of hydrogen-bond donors (Lipinski definition) is 2. The van der Waals surface area contributed by atoms with Crippen LogP contribution in [0.15, 0.2) is 0 Å². The molecule has 2 N–H and O–H groups in total. The Morgan fingerprint density at radius 1 is 0.386 bits per heavy atom. The fourth-order valence-electron chi connectivity index (χ4n) is 4.48. The Morgan fingerprint density at radius 3 is 0.795 bits per heavy atom. The lowest BCUT2D eigenvalue weighted by atomic mass is 10.1. The molecular formula is C40H76O4. The van der Waals surface area contributed by atoms with Crippen molar-refractivity contribution in [2.75, 3.05) is 0 Å². The van der Waals surface area contributed by atoms with Crippen molar-refractivity contribution in [2.24, 2.45) is 0 Å². The van der Waals surface area contributed by atoms with E-state index in [1.54, 1.807) is 0 Å². The van der Waals surface area contributed by atoms with E-state index >= 15 is 0 Å². The van der Waals surface area contributed by atoms with Crippen molar-refractivity contribution in [1.82, 2.24) is 0 Å². The summed E-state index contributed by atoms with van der Waals surface area (Å²) in [6.07, 6.45) is 45.3. The third kappa shape index (κ3) is 67.6. The summed E-state index contributed by atoms with van der Waals surface area (Å²) in [5, 5.41) is 16.8. The fourth-order valence-corrected chi connectivity index (χ4v) is 4.48. The summed E-state index contributed by atoms with van der Waals surface area (Å²) in [7, 11) is 0. The molecule has 0 aromatic rings. The second-order valence-corrected chi connectivity index (χ2v) is 12.0. The van der Waals surface area contributed by atoms with Gasteiger partial charge >= 0.3 is 11.9 Å². The Balaban J connectivity index is -0.000000251. The quantitative estimate of drug-likeness (QED) is 0.0674. The average Bonchev–Trinajstić information content (AvgIpc) is 3.01. The van der Waals surface area contributed by atoms with E-state index in [-0.39, 0.29) is 0 Å². The van der Waals surface area contributed by atoms with Crippen LogP contribution in [-0.2, 0) is 9.59 Å². The first-order valence-corrected chi connectivity index (χ1v) is 18.7. The molecule has 0 amide bonds. The topological polar surface area (TPSA) is 74.6 Å². The van der Waals surface area contributed by atoms with Gasteiger partial charge in [0.05, 0.1) is 0 Å². The molecule has 0 fully saturated rings. The van der Waals surface area contributed by atoms with Gasteiger partial charge in [0.2, 0.25) is 0 Å². The van der Waals surface area contributed by atoms with Gasteiger partial charge in [-0.2, -0.15) is 0 Å². The van der Waals surface area contributed by atoms with Gasteiger partial charge in [-0.05, 0) is 25.7 Å². The molecule has 0 radical (unpaired) electrons. The molecule has 0 spiro atoms. The zero-order chi connectivity index (χ0) is 33.8. The van der Waals surface area contributed by atoms with E-state index in [4.69, 9.17) is 23.1 Å². The van der Waals surface area contributed by atoms with Gasteiger partial charge < -0.3 is 10.2 Å². The molecular weight excluding hydrogens is 544 g/mol. The van der Waals surface area contributed by atoms with E-state index < -0.39 is 11.9 Å². The first-order chi connectivity index (χ1) is 21.4. The summed E-state index contributed by atoms with van der Waals surface area (Å²) in [5.41, 5.74) is 0. The molecule has 4 heteroatoms. The van der Waals surface area contributed by atoms with Crippen molar-refractivity contribution < 1.29 is 19.8 Å². The molecule has 4 nitrogen and oxygen atoms in total. The van der Waals surface area contributed by atoms with Gasteiger partial charge in [-0.3, -0.25) is 9.59 Å². The summed E-state index contributed by atoms with van der Waals surface area (Å²) in [6.45, 7) is 8.86. The van der Waals surface area contributed by atoms with Gasteiger partial charge in [-0.25, -0.2) is 0 Å². The maximum absolute atomic E-state index is 10.2. The third-order valence-corrected chi connectivity index (χ3v) is 7.34. The predicted molar refractivity (Wildman–Crippen MR) is 194 cm³/mol. The molecule has 0 aliphatic heterocycles.